The second kappa shape index (κ2) is 2.75. The Morgan fingerprint density at radius 1 is 1.62 bits per heavy atom. The van der Waals surface area contributed by atoms with Crippen LogP contribution in [-0.2, 0) is 0 Å². The van der Waals surface area contributed by atoms with Gasteiger partial charge in [-0.05, 0) is 19.0 Å². The van der Waals surface area contributed by atoms with Gasteiger partial charge in [0.25, 0.3) is 0 Å². The second-order valence-corrected chi connectivity index (χ2v) is 2.21. The number of hydrogen-bond acceptors (Lipinski definition) is 1. The van der Waals surface area contributed by atoms with Gasteiger partial charge in [-0.2, -0.15) is 0 Å². The summed E-state index contributed by atoms with van der Waals surface area (Å²) in [5.74, 6) is 0. The third kappa shape index (κ3) is 1.25. The monoisotopic (exact) mass is 111 g/mol. The van der Waals surface area contributed by atoms with Gasteiger partial charge >= 0.3 is 0 Å². The van der Waals surface area contributed by atoms with E-state index in [-0.39, 0.29) is 0 Å². The van der Waals surface area contributed by atoms with Crippen molar-refractivity contribution in [3.05, 3.63) is 12.3 Å². The molecule has 0 aliphatic carbocycles. The predicted octanol–water partition coefficient (Wildman–Crippen LogP) is 1.62. The van der Waals surface area contributed by atoms with Gasteiger partial charge in [0, 0.05) is 13.1 Å². The minimum Gasteiger partial charge on any atom is -0.377 e. The highest BCUT2D eigenvalue weighted by Crippen LogP contribution is 2.03. The molecular weight excluding hydrogens is 98.1 g/mol. The van der Waals surface area contributed by atoms with Crippen molar-refractivity contribution in [3.63, 3.8) is 0 Å². The maximum absolute atomic E-state index is 2.36. The number of nitrogens with zero attached hydrogens (tertiary/aromatic N) is 1. The van der Waals surface area contributed by atoms with Crippen molar-refractivity contribution in [2.75, 3.05) is 13.1 Å². The highest BCUT2D eigenvalue weighted by molar-refractivity contribution is 4.90. The Morgan fingerprint density at radius 2 is 2.50 bits per heavy atom. The van der Waals surface area contributed by atoms with Crippen molar-refractivity contribution in [1.29, 1.82) is 0 Å². The molecule has 1 heteroatoms. The Kier molecular flexibility index (Phi) is 1.95. The highest BCUT2D eigenvalue weighted by atomic mass is 15.1. The van der Waals surface area contributed by atoms with Crippen LogP contribution in [0.1, 0.15) is 19.8 Å². The molecule has 1 aliphatic rings. The van der Waals surface area contributed by atoms with E-state index in [1.165, 1.54) is 25.9 Å². The van der Waals surface area contributed by atoms with E-state index >= 15 is 0 Å². The molecule has 0 atom stereocenters. The summed E-state index contributed by atoms with van der Waals surface area (Å²) in [5.41, 5.74) is 0. The van der Waals surface area contributed by atoms with Crippen LogP contribution in [-0.4, -0.2) is 18.0 Å². The van der Waals surface area contributed by atoms with Crippen LogP contribution in [0.5, 0.6) is 0 Å². The van der Waals surface area contributed by atoms with Crippen LogP contribution in [0.25, 0.3) is 0 Å². The van der Waals surface area contributed by atoms with Crippen molar-refractivity contribution in [2.24, 2.45) is 0 Å². The molecule has 0 spiro atoms. The Hall–Kier alpha value is -0.460. The normalized spacial score (nSPS) is 17.9. The quantitative estimate of drug-likeness (QED) is 0.523. The zero-order chi connectivity index (χ0) is 5.82. The van der Waals surface area contributed by atoms with Crippen molar-refractivity contribution in [2.45, 2.75) is 19.8 Å². The van der Waals surface area contributed by atoms with E-state index in [2.05, 4.69) is 24.1 Å². The van der Waals surface area contributed by atoms with E-state index in [1.54, 1.807) is 0 Å². The fraction of sp³-hybridized carbons (Fsp3) is 0.714. The molecule has 0 aromatic carbocycles. The molecule has 0 aromatic rings. The average molecular weight is 111 g/mol. The fourth-order valence-corrected chi connectivity index (χ4v) is 1.01. The van der Waals surface area contributed by atoms with Gasteiger partial charge in [-0.1, -0.05) is 13.0 Å². The van der Waals surface area contributed by atoms with Gasteiger partial charge in [-0.15, -0.1) is 0 Å². The smallest absolute Gasteiger partial charge is 0.0207 e. The van der Waals surface area contributed by atoms with Crippen molar-refractivity contribution >= 4 is 0 Å². The first-order valence-corrected chi connectivity index (χ1v) is 3.34. The first kappa shape index (κ1) is 5.67. The van der Waals surface area contributed by atoms with Crippen molar-refractivity contribution in [3.8, 4) is 0 Å². The van der Waals surface area contributed by atoms with Crippen molar-refractivity contribution in [1.82, 2.24) is 4.90 Å². The van der Waals surface area contributed by atoms with Crippen LogP contribution in [0, 0.1) is 0 Å². The lowest BCUT2D eigenvalue weighted by molar-refractivity contribution is 0.406. The lowest BCUT2D eigenvalue weighted by Gasteiger charge is -2.12. The van der Waals surface area contributed by atoms with Gasteiger partial charge in [0.05, 0.1) is 0 Å². The lowest BCUT2D eigenvalue weighted by atomic mass is 10.4. The average Bonchev–Trinajstić information content (AvgIpc) is 2.19. The van der Waals surface area contributed by atoms with E-state index in [9.17, 15) is 0 Å². The maximum Gasteiger partial charge on any atom is 0.0207 e. The van der Waals surface area contributed by atoms with E-state index in [0.29, 0.717) is 0 Å². The SMILES string of the molecule is CCCN1C=CCC1. The molecule has 0 saturated carbocycles. The molecule has 0 aromatic heterocycles. The predicted molar refractivity (Wildman–Crippen MR) is 35.6 cm³/mol. The molecule has 0 saturated heterocycles. The summed E-state index contributed by atoms with van der Waals surface area (Å²) in [4.78, 5) is 2.36. The maximum atomic E-state index is 2.36. The Labute approximate surface area is 51.0 Å². The Balaban J connectivity index is 2.16. The Morgan fingerprint density at radius 3 is 3.00 bits per heavy atom. The fourth-order valence-electron chi connectivity index (χ4n) is 1.01. The summed E-state index contributed by atoms with van der Waals surface area (Å²) in [6, 6.07) is 0. The molecule has 0 bridgehead atoms. The van der Waals surface area contributed by atoms with Gasteiger partial charge in [0.1, 0.15) is 0 Å². The minimum absolute atomic E-state index is 1.23. The topological polar surface area (TPSA) is 3.24 Å². The molecule has 1 nitrogen and oxygen atoms in total. The molecule has 0 radical (unpaired) electrons. The molecule has 1 rings (SSSR count). The number of rotatable bonds is 2. The van der Waals surface area contributed by atoms with E-state index in [4.69, 9.17) is 0 Å². The van der Waals surface area contributed by atoms with Gasteiger partial charge in [-0.25, -0.2) is 0 Å². The van der Waals surface area contributed by atoms with Crippen LogP contribution >= 0.6 is 0 Å². The molecule has 1 aliphatic heterocycles. The summed E-state index contributed by atoms with van der Waals surface area (Å²) in [5, 5.41) is 0. The largest absolute Gasteiger partial charge is 0.377 e. The van der Waals surface area contributed by atoms with E-state index in [0.717, 1.165) is 0 Å². The van der Waals surface area contributed by atoms with Crippen LogP contribution in [0.15, 0.2) is 12.3 Å². The molecule has 0 fully saturated rings. The third-order valence-electron chi connectivity index (χ3n) is 1.41. The Bertz CT molecular complexity index is 86.4. The standard InChI is InChI=1S/C7H13N/c1-2-5-8-6-3-4-7-8/h3,6H,2,4-5,7H2,1H3. The highest BCUT2D eigenvalue weighted by Gasteiger charge is 1.99. The third-order valence-corrected chi connectivity index (χ3v) is 1.41. The molecule has 8 heavy (non-hydrogen) atoms. The molecule has 1 heterocycles. The number of hydrogen-bond donors (Lipinski definition) is 0. The summed E-state index contributed by atoms with van der Waals surface area (Å²) in [7, 11) is 0. The summed E-state index contributed by atoms with van der Waals surface area (Å²) in [6.45, 7) is 4.69. The van der Waals surface area contributed by atoms with Gasteiger partial charge in [-0.3, -0.25) is 0 Å². The van der Waals surface area contributed by atoms with Gasteiger partial charge in [0.15, 0.2) is 0 Å². The van der Waals surface area contributed by atoms with Crippen LogP contribution in [0.2, 0.25) is 0 Å². The zero-order valence-corrected chi connectivity index (χ0v) is 5.43. The van der Waals surface area contributed by atoms with Crippen molar-refractivity contribution < 1.29 is 0 Å². The van der Waals surface area contributed by atoms with Gasteiger partial charge < -0.3 is 4.90 Å². The first-order chi connectivity index (χ1) is 3.93. The molecule has 0 amide bonds. The zero-order valence-electron chi connectivity index (χ0n) is 5.43. The molecule has 0 unspecified atom stereocenters. The van der Waals surface area contributed by atoms with Crippen LogP contribution in [0.3, 0.4) is 0 Å². The molecular formula is C7H13N. The second-order valence-electron chi connectivity index (χ2n) is 2.21. The van der Waals surface area contributed by atoms with E-state index in [1.807, 2.05) is 0 Å². The molecule has 46 valence electrons. The minimum atomic E-state index is 1.23. The van der Waals surface area contributed by atoms with E-state index < -0.39 is 0 Å². The summed E-state index contributed by atoms with van der Waals surface area (Å²) < 4.78 is 0. The first-order valence-electron chi connectivity index (χ1n) is 3.34. The van der Waals surface area contributed by atoms with Crippen LogP contribution < -0.4 is 0 Å². The summed E-state index contributed by atoms with van der Waals surface area (Å²) in [6.07, 6.45) is 6.95. The lowest BCUT2D eigenvalue weighted by Crippen LogP contribution is -2.14. The van der Waals surface area contributed by atoms with Gasteiger partial charge in [0.2, 0.25) is 0 Å². The summed E-state index contributed by atoms with van der Waals surface area (Å²) >= 11 is 0. The molecule has 0 N–H and O–H groups in total. The van der Waals surface area contributed by atoms with Crippen LogP contribution in [0.4, 0.5) is 0 Å².